The molecule has 1 aliphatic carbocycles. The predicted molar refractivity (Wildman–Crippen MR) is 131 cm³/mol. The number of aromatic nitrogens is 5. The number of aryl methyl sites for hydroxylation is 1. The summed E-state index contributed by atoms with van der Waals surface area (Å²) in [5.41, 5.74) is 1.33. The number of rotatable bonds is 5. The number of hydrogen-bond acceptors (Lipinski definition) is 6. The number of amides is 1. The Morgan fingerprint density at radius 3 is 2.46 bits per heavy atom. The highest BCUT2D eigenvalue weighted by Crippen LogP contribution is 2.35. The fourth-order valence-corrected chi connectivity index (χ4v) is 5.04. The normalized spacial score (nSPS) is 20.8. The van der Waals surface area contributed by atoms with Gasteiger partial charge in [0.1, 0.15) is 18.2 Å². The predicted octanol–water partition coefficient (Wildman–Crippen LogP) is 3.83. The lowest BCUT2D eigenvalue weighted by Crippen LogP contribution is -2.50. The maximum Gasteiger partial charge on any atom is 0.244 e. The minimum atomic E-state index is -0.245. The first-order valence-corrected chi connectivity index (χ1v) is 12.5. The van der Waals surface area contributed by atoms with Crippen molar-refractivity contribution >= 4 is 11.9 Å². The van der Waals surface area contributed by atoms with E-state index in [1.165, 1.54) is 6.07 Å². The molecule has 2 fully saturated rings. The van der Waals surface area contributed by atoms with Crippen LogP contribution in [0.2, 0.25) is 0 Å². The molecule has 3 aromatic rings. The first-order valence-electron chi connectivity index (χ1n) is 12.5. The molecule has 0 radical (unpaired) electrons. The Morgan fingerprint density at radius 1 is 1.06 bits per heavy atom. The third kappa shape index (κ3) is 5.18. The second kappa shape index (κ2) is 10.1. The number of piperazine rings is 1. The van der Waals surface area contributed by atoms with Crippen LogP contribution in [0.1, 0.15) is 49.9 Å². The molecule has 5 rings (SSSR count). The van der Waals surface area contributed by atoms with Crippen LogP contribution >= 0.6 is 0 Å². The van der Waals surface area contributed by atoms with Gasteiger partial charge in [-0.2, -0.15) is 5.10 Å². The minimum absolute atomic E-state index is 0.0378. The number of nitrogens with zero attached hydrogens (tertiary/aromatic N) is 7. The molecule has 1 amide bonds. The van der Waals surface area contributed by atoms with Gasteiger partial charge >= 0.3 is 0 Å². The van der Waals surface area contributed by atoms with E-state index in [4.69, 9.17) is 10.1 Å². The molecule has 0 bridgehead atoms. The van der Waals surface area contributed by atoms with Crippen LogP contribution in [-0.4, -0.2) is 61.7 Å². The molecule has 2 aliphatic rings. The van der Waals surface area contributed by atoms with E-state index in [9.17, 15) is 9.18 Å². The molecule has 1 saturated carbocycles. The number of carbonyl (C=O) groups is 1. The number of halogens is 1. The average molecular weight is 478 g/mol. The molecule has 0 N–H and O–H groups in total. The van der Waals surface area contributed by atoms with Crippen LogP contribution in [0.4, 0.5) is 10.3 Å². The van der Waals surface area contributed by atoms with Crippen LogP contribution in [0.5, 0.6) is 0 Å². The summed E-state index contributed by atoms with van der Waals surface area (Å²) in [5, 5.41) is 4.75. The number of carbonyl (C=O) groups excluding carboxylic acids is 1. The number of hydrogen-bond donors (Lipinski definition) is 0. The van der Waals surface area contributed by atoms with E-state index in [1.807, 2.05) is 4.90 Å². The van der Waals surface area contributed by atoms with Crippen LogP contribution in [0.3, 0.4) is 0 Å². The molecule has 0 atom stereocenters. The molecule has 0 unspecified atom stereocenters. The maximum absolute atomic E-state index is 13.8. The monoisotopic (exact) mass is 477 g/mol. The van der Waals surface area contributed by atoms with Crippen molar-refractivity contribution in [2.75, 3.05) is 31.1 Å². The van der Waals surface area contributed by atoms with Crippen LogP contribution in [-0.2, 0) is 11.3 Å². The summed E-state index contributed by atoms with van der Waals surface area (Å²) in [6.07, 6.45) is 7.87. The lowest BCUT2D eigenvalue weighted by molar-refractivity contribution is -0.132. The van der Waals surface area contributed by atoms with Crippen LogP contribution in [0.25, 0.3) is 11.4 Å². The Balaban J connectivity index is 1.33. The third-order valence-corrected chi connectivity index (χ3v) is 7.25. The Labute approximate surface area is 205 Å². The minimum Gasteiger partial charge on any atom is -0.338 e. The highest BCUT2D eigenvalue weighted by molar-refractivity contribution is 5.76. The summed E-state index contributed by atoms with van der Waals surface area (Å²) in [5.74, 6) is 2.92. The zero-order chi connectivity index (χ0) is 24.4. The molecule has 184 valence electrons. The number of anilines is 1. The molecule has 3 heterocycles. The van der Waals surface area contributed by atoms with Gasteiger partial charge in [-0.1, -0.05) is 19.8 Å². The fraction of sp³-hybridized carbons (Fsp3) is 0.500. The van der Waals surface area contributed by atoms with E-state index < -0.39 is 0 Å². The van der Waals surface area contributed by atoms with Crippen molar-refractivity contribution in [3.63, 3.8) is 0 Å². The Hall–Kier alpha value is -3.36. The summed E-state index contributed by atoms with van der Waals surface area (Å²) >= 11 is 0. The number of benzene rings is 1. The van der Waals surface area contributed by atoms with Gasteiger partial charge in [-0.15, -0.1) is 0 Å². The first-order chi connectivity index (χ1) is 17.0. The smallest absolute Gasteiger partial charge is 0.244 e. The van der Waals surface area contributed by atoms with Gasteiger partial charge in [-0.25, -0.2) is 24.0 Å². The van der Waals surface area contributed by atoms with Crippen molar-refractivity contribution in [2.45, 2.75) is 52.0 Å². The van der Waals surface area contributed by atoms with Crippen molar-refractivity contribution in [1.29, 1.82) is 0 Å². The van der Waals surface area contributed by atoms with Crippen molar-refractivity contribution in [1.82, 2.24) is 29.6 Å². The van der Waals surface area contributed by atoms with Gasteiger partial charge in [0.25, 0.3) is 0 Å². The molecule has 0 spiro atoms. The van der Waals surface area contributed by atoms with Crippen molar-refractivity contribution in [3.8, 4) is 11.4 Å². The molecule has 2 aromatic heterocycles. The topological polar surface area (TPSA) is 80.0 Å². The van der Waals surface area contributed by atoms with E-state index in [0.717, 1.165) is 37.1 Å². The second-order valence-electron chi connectivity index (χ2n) is 9.79. The van der Waals surface area contributed by atoms with E-state index >= 15 is 0 Å². The van der Waals surface area contributed by atoms with Crippen molar-refractivity contribution in [2.24, 2.45) is 5.92 Å². The largest absolute Gasteiger partial charge is 0.338 e. The van der Waals surface area contributed by atoms with Crippen molar-refractivity contribution in [3.05, 3.63) is 53.9 Å². The Kier molecular flexibility index (Phi) is 6.74. The molecule has 1 aromatic carbocycles. The molecule has 35 heavy (non-hydrogen) atoms. The second-order valence-corrected chi connectivity index (χ2v) is 9.79. The van der Waals surface area contributed by atoms with E-state index in [1.54, 1.807) is 42.2 Å². The van der Waals surface area contributed by atoms with Crippen molar-refractivity contribution < 1.29 is 9.18 Å². The van der Waals surface area contributed by atoms with Gasteiger partial charge in [-0.3, -0.25) is 4.79 Å². The summed E-state index contributed by atoms with van der Waals surface area (Å²) in [4.78, 5) is 30.8. The van der Waals surface area contributed by atoms with Gasteiger partial charge in [0.15, 0.2) is 5.82 Å². The van der Waals surface area contributed by atoms with Gasteiger partial charge < -0.3 is 9.80 Å². The van der Waals surface area contributed by atoms with E-state index in [-0.39, 0.29) is 24.2 Å². The lowest BCUT2D eigenvalue weighted by atomic mass is 9.82. The summed E-state index contributed by atoms with van der Waals surface area (Å²) in [6, 6.07) is 6.73. The third-order valence-electron chi connectivity index (χ3n) is 7.25. The Morgan fingerprint density at radius 2 is 1.77 bits per heavy atom. The highest BCUT2D eigenvalue weighted by atomic mass is 19.1. The zero-order valence-corrected chi connectivity index (χ0v) is 20.4. The molecule has 1 aliphatic heterocycles. The molecular weight excluding hydrogens is 445 g/mol. The SMILES string of the molecule is Cc1cc(-c2nc(C3CCC(C)CC3)n(CC(=O)N3CCN(c4ncccn4)CC3)n2)ccc1F. The van der Waals surface area contributed by atoms with E-state index in [0.29, 0.717) is 49.4 Å². The standard InChI is InChI=1S/C26H32FN7O/c1-18-4-6-20(7-5-18)25-30-24(21-8-9-22(27)19(2)16-21)31-34(25)17-23(35)32-12-14-33(15-13-32)26-28-10-3-11-29-26/h3,8-11,16,18,20H,4-7,12-15,17H2,1-2H3. The quantitative estimate of drug-likeness (QED) is 0.556. The van der Waals surface area contributed by atoms with Crippen LogP contribution < -0.4 is 4.90 Å². The van der Waals surface area contributed by atoms with Crippen LogP contribution in [0, 0.1) is 18.7 Å². The first kappa shape index (κ1) is 23.4. The average Bonchev–Trinajstić information content (AvgIpc) is 3.30. The fourth-order valence-electron chi connectivity index (χ4n) is 5.04. The maximum atomic E-state index is 13.8. The van der Waals surface area contributed by atoms with Gasteiger partial charge in [0.05, 0.1) is 0 Å². The van der Waals surface area contributed by atoms with Gasteiger partial charge in [0, 0.05) is 50.1 Å². The van der Waals surface area contributed by atoms with Gasteiger partial charge in [-0.05, 0) is 55.5 Å². The Bertz CT molecular complexity index is 1170. The lowest BCUT2D eigenvalue weighted by Gasteiger charge is -2.34. The molecule has 9 heteroatoms. The summed E-state index contributed by atoms with van der Waals surface area (Å²) < 4.78 is 15.6. The van der Waals surface area contributed by atoms with E-state index in [2.05, 4.69) is 21.8 Å². The summed E-state index contributed by atoms with van der Waals surface area (Å²) in [7, 11) is 0. The molecular formula is C26H32FN7O. The van der Waals surface area contributed by atoms with Crippen LogP contribution in [0.15, 0.2) is 36.7 Å². The summed E-state index contributed by atoms with van der Waals surface area (Å²) in [6.45, 7) is 6.82. The van der Waals surface area contributed by atoms with Gasteiger partial charge in [0.2, 0.25) is 11.9 Å². The highest BCUT2D eigenvalue weighted by Gasteiger charge is 2.28. The molecule has 8 nitrogen and oxygen atoms in total. The zero-order valence-electron chi connectivity index (χ0n) is 20.4. The molecule has 1 saturated heterocycles.